The maximum Gasteiger partial charge on any atom is 0.194 e. The SMILES string of the molecule is CN=C(NCc1cccc(OCCOC)c1)N1CCOC(c2cnn(C)c2)C1.I. The average molecular weight is 515 g/mol. The third-order valence-electron chi connectivity index (χ3n) is 4.58. The fourth-order valence-electron chi connectivity index (χ4n) is 3.15. The maximum atomic E-state index is 5.92. The minimum atomic E-state index is -0.00138. The molecule has 1 aliphatic heterocycles. The number of nitrogens with one attached hydrogen (secondary N) is 1. The molecule has 1 fully saturated rings. The van der Waals surface area contributed by atoms with E-state index >= 15 is 0 Å². The van der Waals surface area contributed by atoms with Crippen molar-refractivity contribution in [2.24, 2.45) is 12.0 Å². The Morgan fingerprint density at radius 1 is 1.38 bits per heavy atom. The lowest BCUT2D eigenvalue weighted by Gasteiger charge is -2.34. The molecule has 9 heteroatoms. The topological polar surface area (TPSA) is 73.1 Å². The van der Waals surface area contributed by atoms with E-state index in [0.717, 1.165) is 35.9 Å². The Hall–Kier alpha value is -1.85. The van der Waals surface area contributed by atoms with Gasteiger partial charge in [0.25, 0.3) is 0 Å². The van der Waals surface area contributed by atoms with Gasteiger partial charge in [0, 0.05) is 46.1 Å². The van der Waals surface area contributed by atoms with Crippen LogP contribution in [0.4, 0.5) is 0 Å². The Balaban J connectivity index is 0.00000300. The van der Waals surface area contributed by atoms with Crippen LogP contribution in [0, 0.1) is 0 Å². The molecule has 0 radical (unpaired) electrons. The predicted octanol–water partition coefficient (Wildman–Crippen LogP) is 2.21. The summed E-state index contributed by atoms with van der Waals surface area (Å²) >= 11 is 0. The van der Waals surface area contributed by atoms with Gasteiger partial charge in [-0.25, -0.2) is 0 Å². The molecular formula is C20H30IN5O3. The fraction of sp³-hybridized carbons (Fsp3) is 0.500. The summed E-state index contributed by atoms with van der Waals surface area (Å²) in [6.07, 6.45) is 3.86. The number of rotatable bonds is 7. The van der Waals surface area contributed by atoms with Crippen molar-refractivity contribution in [2.45, 2.75) is 12.6 Å². The van der Waals surface area contributed by atoms with Crippen LogP contribution in [0.1, 0.15) is 17.2 Å². The van der Waals surface area contributed by atoms with E-state index in [1.807, 2.05) is 37.6 Å². The van der Waals surface area contributed by atoms with E-state index in [9.17, 15) is 0 Å². The second-order valence-corrected chi connectivity index (χ2v) is 6.64. The molecule has 0 aliphatic carbocycles. The van der Waals surface area contributed by atoms with Gasteiger partial charge in [-0.3, -0.25) is 9.67 Å². The van der Waals surface area contributed by atoms with E-state index in [4.69, 9.17) is 14.2 Å². The molecule has 1 atom stereocenters. The number of guanidine groups is 1. The van der Waals surface area contributed by atoms with Crippen molar-refractivity contribution in [2.75, 3.05) is 47.1 Å². The van der Waals surface area contributed by atoms with Crippen molar-refractivity contribution in [1.82, 2.24) is 20.0 Å². The number of aliphatic imine (C=N–C) groups is 1. The molecule has 8 nitrogen and oxygen atoms in total. The van der Waals surface area contributed by atoms with Gasteiger partial charge in [0.15, 0.2) is 5.96 Å². The first kappa shape index (κ1) is 23.4. The summed E-state index contributed by atoms with van der Waals surface area (Å²) in [6.45, 7) is 3.98. The van der Waals surface area contributed by atoms with Gasteiger partial charge in [-0.15, -0.1) is 24.0 Å². The van der Waals surface area contributed by atoms with Crippen molar-refractivity contribution < 1.29 is 14.2 Å². The Labute approximate surface area is 189 Å². The smallest absolute Gasteiger partial charge is 0.194 e. The van der Waals surface area contributed by atoms with E-state index in [1.165, 1.54) is 0 Å². The summed E-state index contributed by atoms with van der Waals surface area (Å²) in [6, 6.07) is 8.05. The normalized spacial score (nSPS) is 17.0. The van der Waals surface area contributed by atoms with Crippen molar-refractivity contribution in [1.29, 1.82) is 0 Å². The van der Waals surface area contributed by atoms with E-state index in [0.29, 0.717) is 26.4 Å². The van der Waals surface area contributed by atoms with Crippen molar-refractivity contribution in [3.8, 4) is 5.75 Å². The minimum Gasteiger partial charge on any atom is -0.491 e. The zero-order valence-electron chi connectivity index (χ0n) is 17.2. The maximum absolute atomic E-state index is 5.92. The largest absolute Gasteiger partial charge is 0.491 e. The summed E-state index contributed by atoms with van der Waals surface area (Å²) in [5.41, 5.74) is 2.22. The van der Waals surface area contributed by atoms with Gasteiger partial charge in [0.05, 0.1) is 26.0 Å². The highest BCUT2D eigenvalue weighted by Crippen LogP contribution is 2.21. The van der Waals surface area contributed by atoms with Crippen LogP contribution in [-0.4, -0.2) is 67.7 Å². The first-order valence-corrected chi connectivity index (χ1v) is 9.46. The number of benzene rings is 1. The van der Waals surface area contributed by atoms with E-state index in [-0.39, 0.29) is 30.1 Å². The molecule has 1 aromatic heterocycles. The number of methoxy groups -OCH3 is 1. The van der Waals surface area contributed by atoms with Crippen LogP contribution in [0.5, 0.6) is 5.75 Å². The second kappa shape index (κ2) is 12.0. The van der Waals surface area contributed by atoms with Crippen LogP contribution in [-0.2, 0) is 23.1 Å². The predicted molar refractivity (Wildman–Crippen MR) is 123 cm³/mol. The van der Waals surface area contributed by atoms with Gasteiger partial charge in [0.2, 0.25) is 0 Å². The highest BCUT2D eigenvalue weighted by Gasteiger charge is 2.25. The number of aromatic nitrogens is 2. The van der Waals surface area contributed by atoms with Crippen LogP contribution in [0.25, 0.3) is 0 Å². The van der Waals surface area contributed by atoms with Crippen LogP contribution in [0.15, 0.2) is 41.7 Å². The highest BCUT2D eigenvalue weighted by atomic mass is 127. The Morgan fingerprint density at radius 2 is 2.24 bits per heavy atom. The number of hydrogen-bond acceptors (Lipinski definition) is 5. The molecule has 160 valence electrons. The lowest BCUT2D eigenvalue weighted by molar-refractivity contribution is -0.00805. The molecule has 29 heavy (non-hydrogen) atoms. The molecular weight excluding hydrogens is 485 g/mol. The molecule has 0 spiro atoms. The third kappa shape index (κ3) is 6.86. The standard InChI is InChI=1S/C20H29N5O3.HI/c1-21-20(22-12-16-5-4-6-18(11-16)27-10-9-26-3)25-7-8-28-19(15-25)17-13-23-24(2)14-17;/h4-6,11,13-14,19H,7-10,12,15H2,1-3H3,(H,21,22);1H. The molecule has 1 aromatic carbocycles. The second-order valence-electron chi connectivity index (χ2n) is 6.64. The number of morpholine rings is 1. The van der Waals surface area contributed by atoms with E-state index in [1.54, 1.807) is 18.8 Å². The van der Waals surface area contributed by atoms with Crippen LogP contribution in [0.2, 0.25) is 0 Å². The molecule has 2 heterocycles. The summed E-state index contributed by atoms with van der Waals surface area (Å²) in [5, 5.41) is 7.69. The van der Waals surface area contributed by atoms with Gasteiger partial charge in [-0.05, 0) is 17.7 Å². The lowest BCUT2D eigenvalue weighted by Crippen LogP contribution is -2.47. The monoisotopic (exact) mass is 515 g/mol. The first-order valence-electron chi connectivity index (χ1n) is 9.46. The molecule has 1 saturated heterocycles. The van der Waals surface area contributed by atoms with Crippen molar-refractivity contribution in [3.05, 3.63) is 47.8 Å². The Kier molecular flexibility index (Phi) is 9.68. The summed E-state index contributed by atoms with van der Waals surface area (Å²) in [4.78, 5) is 6.67. The van der Waals surface area contributed by atoms with Gasteiger partial charge in [-0.1, -0.05) is 12.1 Å². The van der Waals surface area contributed by atoms with Crippen LogP contribution < -0.4 is 10.1 Å². The van der Waals surface area contributed by atoms with E-state index < -0.39 is 0 Å². The molecule has 1 unspecified atom stereocenters. The first-order chi connectivity index (χ1) is 13.7. The zero-order valence-corrected chi connectivity index (χ0v) is 19.5. The number of nitrogens with zero attached hydrogens (tertiary/aromatic N) is 4. The highest BCUT2D eigenvalue weighted by molar-refractivity contribution is 14.0. The van der Waals surface area contributed by atoms with Gasteiger partial charge in [-0.2, -0.15) is 5.10 Å². The number of halogens is 1. The number of ether oxygens (including phenoxy) is 3. The lowest BCUT2D eigenvalue weighted by atomic mass is 10.1. The Bertz CT molecular complexity index is 783. The number of aryl methyl sites for hydroxylation is 1. The average Bonchev–Trinajstić information content (AvgIpc) is 3.16. The minimum absolute atomic E-state index is 0. The molecule has 1 N–H and O–H groups in total. The zero-order chi connectivity index (χ0) is 19.8. The van der Waals surface area contributed by atoms with Gasteiger partial charge in [0.1, 0.15) is 18.5 Å². The summed E-state index contributed by atoms with van der Waals surface area (Å²) in [5.74, 6) is 1.71. The Morgan fingerprint density at radius 3 is 2.97 bits per heavy atom. The molecule has 0 amide bonds. The quantitative estimate of drug-likeness (QED) is 0.264. The fourth-order valence-corrected chi connectivity index (χ4v) is 3.15. The molecule has 2 aromatic rings. The number of hydrogen-bond donors (Lipinski definition) is 1. The van der Waals surface area contributed by atoms with Gasteiger partial charge < -0.3 is 24.4 Å². The van der Waals surface area contributed by atoms with Crippen molar-refractivity contribution in [3.63, 3.8) is 0 Å². The summed E-state index contributed by atoms with van der Waals surface area (Å²) in [7, 11) is 5.39. The molecule has 3 rings (SSSR count). The van der Waals surface area contributed by atoms with E-state index in [2.05, 4.69) is 26.4 Å². The van der Waals surface area contributed by atoms with Gasteiger partial charge >= 0.3 is 0 Å². The molecule has 0 bridgehead atoms. The van der Waals surface area contributed by atoms with Crippen molar-refractivity contribution >= 4 is 29.9 Å². The third-order valence-corrected chi connectivity index (χ3v) is 4.58. The van der Waals surface area contributed by atoms with Crippen LogP contribution in [0.3, 0.4) is 0 Å². The summed E-state index contributed by atoms with van der Waals surface area (Å²) < 4.78 is 18.4. The molecule has 0 saturated carbocycles. The molecule has 1 aliphatic rings. The van der Waals surface area contributed by atoms with Crippen LogP contribution >= 0.6 is 24.0 Å².